The largest absolute Gasteiger partial charge is 0.352 e. The van der Waals surface area contributed by atoms with Crippen molar-refractivity contribution in [2.45, 2.75) is 26.8 Å². The second-order valence-electron chi connectivity index (χ2n) is 4.76. The molecule has 0 radical (unpaired) electrons. The number of hydrogen-bond donors (Lipinski definition) is 1. The van der Waals surface area contributed by atoms with E-state index in [0.29, 0.717) is 6.54 Å². The maximum absolute atomic E-state index is 11.9. The molecule has 1 aromatic carbocycles. The van der Waals surface area contributed by atoms with E-state index in [4.69, 9.17) is 0 Å². The van der Waals surface area contributed by atoms with Crippen molar-refractivity contribution in [3.05, 3.63) is 53.3 Å². The molecule has 0 aliphatic rings. The Morgan fingerprint density at radius 2 is 2.16 bits per heavy atom. The van der Waals surface area contributed by atoms with Crippen LogP contribution in [0.1, 0.15) is 27.9 Å². The summed E-state index contributed by atoms with van der Waals surface area (Å²) in [5, 5.41) is 7.13. The van der Waals surface area contributed by atoms with Crippen molar-refractivity contribution < 1.29 is 4.79 Å². The van der Waals surface area contributed by atoms with E-state index >= 15 is 0 Å². The Bertz CT molecular complexity index is 560. The molecule has 0 aliphatic carbocycles. The van der Waals surface area contributed by atoms with Crippen LogP contribution in [-0.4, -0.2) is 22.2 Å². The lowest BCUT2D eigenvalue weighted by Crippen LogP contribution is -2.25. The van der Waals surface area contributed by atoms with E-state index in [0.717, 1.165) is 29.7 Å². The molecular weight excluding hydrogens is 238 g/mol. The Balaban J connectivity index is 1.75. The average molecular weight is 257 g/mol. The molecule has 100 valence electrons. The second kappa shape index (κ2) is 6.18. The van der Waals surface area contributed by atoms with Crippen molar-refractivity contribution >= 4 is 5.91 Å². The van der Waals surface area contributed by atoms with Crippen molar-refractivity contribution in [2.24, 2.45) is 0 Å². The minimum atomic E-state index is -0.0136. The average Bonchev–Trinajstić information content (AvgIpc) is 2.80. The highest BCUT2D eigenvalue weighted by Crippen LogP contribution is 2.03. The first kappa shape index (κ1) is 13.3. The number of rotatable bonds is 5. The first-order chi connectivity index (χ1) is 9.15. The van der Waals surface area contributed by atoms with E-state index in [2.05, 4.69) is 10.4 Å². The number of hydrogen-bond acceptors (Lipinski definition) is 2. The summed E-state index contributed by atoms with van der Waals surface area (Å²) >= 11 is 0. The molecule has 0 aliphatic heterocycles. The van der Waals surface area contributed by atoms with Gasteiger partial charge >= 0.3 is 0 Å². The summed E-state index contributed by atoms with van der Waals surface area (Å²) in [6, 6.07) is 7.61. The highest BCUT2D eigenvalue weighted by molar-refractivity contribution is 5.94. The molecule has 2 rings (SSSR count). The van der Waals surface area contributed by atoms with Gasteiger partial charge in [-0.3, -0.25) is 9.48 Å². The molecule has 0 bridgehead atoms. The number of aryl methyl sites for hydroxylation is 3. The van der Waals surface area contributed by atoms with E-state index in [-0.39, 0.29) is 5.91 Å². The number of nitrogens with one attached hydrogen (secondary N) is 1. The van der Waals surface area contributed by atoms with Gasteiger partial charge in [-0.05, 0) is 38.0 Å². The normalized spacial score (nSPS) is 10.4. The molecule has 1 N–H and O–H groups in total. The fraction of sp³-hybridized carbons (Fsp3) is 0.333. The van der Waals surface area contributed by atoms with E-state index in [1.165, 1.54) is 0 Å². The SMILES string of the molecule is Cc1cccc(C(=O)NCCCn2cc(C)cn2)c1. The molecule has 0 spiro atoms. The maximum Gasteiger partial charge on any atom is 0.251 e. The molecule has 2 aromatic rings. The monoisotopic (exact) mass is 257 g/mol. The van der Waals surface area contributed by atoms with E-state index in [1.807, 2.05) is 55.2 Å². The van der Waals surface area contributed by atoms with Crippen LogP contribution in [0.2, 0.25) is 0 Å². The number of carbonyl (C=O) groups is 1. The molecule has 4 heteroatoms. The van der Waals surface area contributed by atoms with Gasteiger partial charge in [0.2, 0.25) is 0 Å². The van der Waals surface area contributed by atoms with Crippen molar-refractivity contribution in [1.82, 2.24) is 15.1 Å². The first-order valence-corrected chi connectivity index (χ1v) is 6.49. The van der Waals surface area contributed by atoms with Gasteiger partial charge in [0.1, 0.15) is 0 Å². The Hall–Kier alpha value is -2.10. The van der Waals surface area contributed by atoms with E-state index < -0.39 is 0 Å². The summed E-state index contributed by atoms with van der Waals surface area (Å²) in [4.78, 5) is 11.9. The van der Waals surface area contributed by atoms with Crippen molar-refractivity contribution in [1.29, 1.82) is 0 Å². The summed E-state index contributed by atoms with van der Waals surface area (Å²) in [7, 11) is 0. The van der Waals surface area contributed by atoms with Crippen LogP contribution in [0.3, 0.4) is 0 Å². The number of amides is 1. The predicted molar refractivity (Wildman–Crippen MR) is 75.1 cm³/mol. The summed E-state index contributed by atoms with van der Waals surface area (Å²) < 4.78 is 1.90. The van der Waals surface area contributed by atoms with Gasteiger partial charge in [0.25, 0.3) is 5.91 Å². The van der Waals surface area contributed by atoms with Gasteiger partial charge in [-0.2, -0.15) is 5.10 Å². The third-order valence-corrected chi connectivity index (χ3v) is 2.89. The lowest BCUT2D eigenvalue weighted by Gasteiger charge is -2.06. The predicted octanol–water partition coefficient (Wildman–Crippen LogP) is 2.32. The minimum Gasteiger partial charge on any atom is -0.352 e. The lowest BCUT2D eigenvalue weighted by atomic mass is 10.1. The second-order valence-corrected chi connectivity index (χ2v) is 4.76. The van der Waals surface area contributed by atoms with E-state index in [9.17, 15) is 4.79 Å². The first-order valence-electron chi connectivity index (χ1n) is 6.49. The molecule has 19 heavy (non-hydrogen) atoms. The van der Waals surface area contributed by atoms with Crippen molar-refractivity contribution in [3.63, 3.8) is 0 Å². The van der Waals surface area contributed by atoms with Crippen LogP contribution < -0.4 is 5.32 Å². The topological polar surface area (TPSA) is 46.9 Å². The minimum absolute atomic E-state index is 0.0136. The standard InChI is InChI=1S/C15H19N3O/c1-12-5-3-6-14(9-12)15(19)16-7-4-8-18-11-13(2)10-17-18/h3,5-6,9-11H,4,7-8H2,1-2H3,(H,16,19). The van der Waals surface area contributed by atoms with Crippen molar-refractivity contribution in [2.75, 3.05) is 6.54 Å². The maximum atomic E-state index is 11.9. The van der Waals surface area contributed by atoms with Crippen LogP contribution in [0.25, 0.3) is 0 Å². The number of aromatic nitrogens is 2. The highest BCUT2D eigenvalue weighted by atomic mass is 16.1. The molecule has 1 aromatic heterocycles. The Morgan fingerprint density at radius 3 is 2.84 bits per heavy atom. The van der Waals surface area contributed by atoms with Crippen LogP contribution in [-0.2, 0) is 6.54 Å². The molecule has 0 atom stereocenters. The molecule has 0 saturated carbocycles. The third kappa shape index (κ3) is 3.95. The van der Waals surface area contributed by atoms with Gasteiger partial charge in [-0.25, -0.2) is 0 Å². The third-order valence-electron chi connectivity index (χ3n) is 2.89. The van der Waals surface area contributed by atoms with Crippen LogP contribution >= 0.6 is 0 Å². The zero-order valence-electron chi connectivity index (χ0n) is 11.4. The Morgan fingerprint density at radius 1 is 1.32 bits per heavy atom. The quantitative estimate of drug-likeness (QED) is 0.836. The molecule has 1 amide bonds. The van der Waals surface area contributed by atoms with Crippen molar-refractivity contribution in [3.8, 4) is 0 Å². The van der Waals surface area contributed by atoms with Gasteiger partial charge in [0, 0.05) is 24.8 Å². The molecule has 0 saturated heterocycles. The zero-order chi connectivity index (χ0) is 13.7. The van der Waals surface area contributed by atoms with Crippen LogP contribution in [0, 0.1) is 13.8 Å². The summed E-state index contributed by atoms with van der Waals surface area (Å²) in [5.41, 5.74) is 2.97. The molecule has 0 unspecified atom stereocenters. The number of benzene rings is 1. The number of nitrogens with zero attached hydrogens (tertiary/aromatic N) is 2. The van der Waals surface area contributed by atoms with E-state index in [1.54, 1.807) is 0 Å². The summed E-state index contributed by atoms with van der Waals surface area (Å²) in [5.74, 6) is -0.0136. The zero-order valence-corrected chi connectivity index (χ0v) is 11.4. The van der Waals surface area contributed by atoms with Gasteiger partial charge in [0.05, 0.1) is 6.20 Å². The van der Waals surface area contributed by atoms with Gasteiger partial charge < -0.3 is 5.32 Å². The Labute approximate surface area is 113 Å². The highest BCUT2D eigenvalue weighted by Gasteiger charge is 2.04. The van der Waals surface area contributed by atoms with Crippen LogP contribution in [0.5, 0.6) is 0 Å². The fourth-order valence-electron chi connectivity index (χ4n) is 1.92. The van der Waals surface area contributed by atoms with Crippen LogP contribution in [0.15, 0.2) is 36.7 Å². The molecule has 4 nitrogen and oxygen atoms in total. The summed E-state index contributed by atoms with van der Waals surface area (Å²) in [6.45, 7) is 5.48. The Kier molecular flexibility index (Phi) is 4.34. The van der Waals surface area contributed by atoms with Gasteiger partial charge in [-0.1, -0.05) is 17.7 Å². The smallest absolute Gasteiger partial charge is 0.251 e. The molecule has 1 heterocycles. The molecule has 0 fully saturated rings. The van der Waals surface area contributed by atoms with Gasteiger partial charge in [-0.15, -0.1) is 0 Å². The molecular formula is C15H19N3O. The lowest BCUT2D eigenvalue weighted by molar-refractivity contribution is 0.0952. The van der Waals surface area contributed by atoms with Gasteiger partial charge in [0.15, 0.2) is 0 Å². The van der Waals surface area contributed by atoms with Crippen LogP contribution in [0.4, 0.5) is 0 Å². The number of carbonyl (C=O) groups excluding carboxylic acids is 1. The fourth-order valence-corrected chi connectivity index (χ4v) is 1.92. The summed E-state index contributed by atoms with van der Waals surface area (Å²) in [6.07, 6.45) is 4.71.